The lowest BCUT2D eigenvalue weighted by Crippen LogP contribution is -2.25. The van der Waals surface area contributed by atoms with Gasteiger partial charge in [0, 0.05) is 6.42 Å². The Morgan fingerprint density at radius 3 is 2.88 bits per heavy atom. The molecular weight excluding hydrogens is 332 g/mol. The number of aryl methyl sites for hydroxylation is 1. The van der Waals surface area contributed by atoms with Gasteiger partial charge >= 0.3 is 0 Å². The largest absolute Gasteiger partial charge is 0.489 e. The van der Waals surface area contributed by atoms with Crippen molar-refractivity contribution in [1.82, 2.24) is 0 Å². The second-order valence-electron chi connectivity index (χ2n) is 6.38. The number of fused-ring (bicyclic) bond motifs is 1. The molecule has 0 saturated carbocycles. The molecule has 1 aliphatic rings. The number of nitrogens with one attached hydrogen (secondary N) is 2. The van der Waals surface area contributed by atoms with E-state index in [-0.39, 0.29) is 24.5 Å². The molecule has 0 fully saturated rings. The Hall–Kier alpha value is -3.02. The summed E-state index contributed by atoms with van der Waals surface area (Å²) in [5.41, 5.74) is 2.27. The monoisotopic (exact) mass is 354 g/mol. The van der Waals surface area contributed by atoms with Gasteiger partial charge in [0.2, 0.25) is 5.91 Å². The van der Waals surface area contributed by atoms with E-state index in [4.69, 9.17) is 9.47 Å². The average Bonchev–Trinajstić information content (AvgIpc) is 2.61. The zero-order valence-electron chi connectivity index (χ0n) is 14.9. The number of para-hydroxylation sites is 2. The molecule has 1 aliphatic heterocycles. The molecule has 0 unspecified atom stereocenters. The Bertz CT molecular complexity index is 817. The average molecular weight is 354 g/mol. The first-order valence-electron chi connectivity index (χ1n) is 8.62. The molecule has 2 amide bonds. The van der Waals surface area contributed by atoms with Gasteiger partial charge in [-0.15, -0.1) is 0 Å². The summed E-state index contributed by atoms with van der Waals surface area (Å²) in [6.45, 7) is 3.92. The predicted molar refractivity (Wildman–Crippen MR) is 99.7 cm³/mol. The maximum atomic E-state index is 12.3. The summed E-state index contributed by atoms with van der Waals surface area (Å²) in [6, 6.07) is 12.9. The van der Waals surface area contributed by atoms with Gasteiger partial charge in [-0.25, -0.2) is 0 Å². The summed E-state index contributed by atoms with van der Waals surface area (Å²) in [5, 5.41) is 5.67. The van der Waals surface area contributed by atoms with Crippen molar-refractivity contribution in [1.29, 1.82) is 0 Å². The second kappa shape index (κ2) is 7.91. The lowest BCUT2D eigenvalue weighted by atomic mass is 10.1. The highest BCUT2D eigenvalue weighted by Crippen LogP contribution is 2.29. The molecule has 0 radical (unpaired) electrons. The molecule has 0 bridgehead atoms. The van der Waals surface area contributed by atoms with Crippen LogP contribution in [0.4, 0.5) is 11.4 Å². The molecule has 6 heteroatoms. The first-order chi connectivity index (χ1) is 12.5. The van der Waals surface area contributed by atoms with Crippen LogP contribution >= 0.6 is 0 Å². The van der Waals surface area contributed by atoms with Gasteiger partial charge < -0.3 is 20.1 Å². The molecule has 1 heterocycles. The third-order valence-corrected chi connectivity index (χ3v) is 3.84. The maximum Gasteiger partial charge on any atom is 0.262 e. The van der Waals surface area contributed by atoms with Gasteiger partial charge in [-0.2, -0.15) is 0 Å². The minimum absolute atomic E-state index is 0.0287. The van der Waals surface area contributed by atoms with E-state index in [9.17, 15) is 9.59 Å². The first-order valence-corrected chi connectivity index (χ1v) is 8.62. The van der Waals surface area contributed by atoms with Crippen LogP contribution < -0.4 is 20.1 Å². The Morgan fingerprint density at radius 1 is 1.27 bits per heavy atom. The van der Waals surface area contributed by atoms with Crippen molar-refractivity contribution < 1.29 is 19.1 Å². The highest BCUT2D eigenvalue weighted by molar-refractivity contribution is 5.95. The normalized spacial score (nSPS) is 12.8. The minimum Gasteiger partial charge on any atom is -0.489 e. The summed E-state index contributed by atoms with van der Waals surface area (Å²) >= 11 is 0. The zero-order valence-corrected chi connectivity index (χ0v) is 14.9. The minimum atomic E-state index is -0.172. The van der Waals surface area contributed by atoms with Crippen LogP contribution in [0, 0.1) is 0 Å². The molecule has 6 nitrogen and oxygen atoms in total. The van der Waals surface area contributed by atoms with Gasteiger partial charge in [-0.05, 0) is 50.1 Å². The Morgan fingerprint density at radius 2 is 2.08 bits per heavy atom. The molecule has 3 rings (SSSR count). The summed E-state index contributed by atoms with van der Waals surface area (Å²) in [6.07, 6.45) is 0.909. The number of anilines is 2. The van der Waals surface area contributed by atoms with Gasteiger partial charge in [0.1, 0.15) is 11.5 Å². The highest BCUT2D eigenvalue weighted by Gasteiger charge is 2.16. The van der Waals surface area contributed by atoms with E-state index >= 15 is 0 Å². The number of hydrogen-bond donors (Lipinski definition) is 2. The summed E-state index contributed by atoms with van der Waals surface area (Å²) in [7, 11) is 0. The van der Waals surface area contributed by atoms with Crippen LogP contribution in [0.25, 0.3) is 0 Å². The molecule has 0 atom stereocenters. The predicted octanol–water partition coefficient (Wildman–Crippen LogP) is 3.38. The fraction of sp³-hybridized carbons (Fsp3) is 0.300. The molecule has 136 valence electrons. The quantitative estimate of drug-likeness (QED) is 0.834. The van der Waals surface area contributed by atoms with Crippen molar-refractivity contribution in [2.45, 2.75) is 32.8 Å². The van der Waals surface area contributed by atoms with Crippen LogP contribution in [0.5, 0.6) is 11.5 Å². The fourth-order valence-electron chi connectivity index (χ4n) is 2.68. The SMILES string of the molecule is CC(C)Oc1ccccc1NC(=O)CCc1ccc2c(c1)NC(=O)CO2. The molecule has 0 spiro atoms. The van der Waals surface area contributed by atoms with Gasteiger partial charge in [-0.1, -0.05) is 18.2 Å². The van der Waals surface area contributed by atoms with Crippen molar-refractivity contribution >= 4 is 23.2 Å². The molecule has 2 aromatic rings. The molecule has 26 heavy (non-hydrogen) atoms. The number of amides is 2. The van der Waals surface area contributed by atoms with Crippen LogP contribution in [0.2, 0.25) is 0 Å². The lowest BCUT2D eigenvalue weighted by molar-refractivity contribution is -0.118. The standard InChI is InChI=1S/C20H22N2O4/c1-13(2)26-18-6-4-3-5-15(18)21-19(23)10-8-14-7-9-17-16(11-14)22-20(24)12-25-17/h3-7,9,11,13H,8,10,12H2,1-2H3,(H,21,23)(H,22,24). The third kappa shape index (κ3) is 4.53. The van der Waals surface area contributed by atoms with Gasteiger partial charge in [0.05, 0.1) is 17.5 Å². The number of ether oxygens (including phenoxy) is 2. The zero-order chi connectivity index (χ0) is 18.5. The highest BCUT2D eigenvalue weighted by atomic mass is 16.5. The summed E-state index contributed by atoms with van der Waals surface area (Å²) in [5.74, 6) is 1.04. The Kier molecular flexibility index (Phi) is 5.41. The van der Waals surface area contributed by atoms with Gasteiger partial charge in [-0.3, -0.25) is 9.59 Å². The van der Waals surface area contributed by atoms with Crippen LogP contribution in [-0.2, 0) is 16.0 Å². The van der Waals surface area contributed by atoms with E-state index in [1.807, 2.05) is 56.3 Å². The van der Waals surface area contributed by atoms with Crippen molar-refractivity contribution in [3.63, 3.8) is 0 Å². The van der Waals surface area contributed by atoms with E-state index in [0.29, 0.717) is 35.7 Å². The third-order valence-electron chi connectivity index (χ3n) is 3.84. The van der Waals surface area contributed by atoms with E-state index in [1.165, 1.54) is 0 Å². The van der Waals surface area contributed by atoms with E-state index in [0.717, 1.165) is 5.56 Å². The van der Waals surface area contributed by atoms with E-state index in [1.54, 1.807) is 0 Å². The van der Waals surface area contributed by atoms with Gasteiger partial charge in [0.15, 0.2) is 6.61 Å². The first kappa shape index (κ1) is 17.8. The van der Waals surface area contributed by atoms with Crippen LogP contribution in [0.3, 0.4) is 0 Å². The van der Waals surface area contributed by atoms with Crippen molar-refractivity contribution in [2.75, 3.05) is 17.2 Å². The molecule has 0 aliphatic carbocycles. The van der Waals surface area contributed by atoms with Crippen LogP contribution in [-0.4, -0.2) is 24.5 Å². The summed E-state index contributed by atoms with van der Waals surface area (Å²) in [4.78, 5) is 23.7. The number of carbonyl (C=O) groups excluding carboxylic acids is 2. The number of rotatable bonds is 6. The molecule has 0 aromatic heterocycles. The summed E-state index contributed by atoms with van der Waals surface area (Å²) < 4.78 is 11.0. The van der Waals surface area contributed by atoms with E-state index < -0.39 is 0 Å². The number of hydrogen-bond acceptors (Lipinski definition) is 4. The Balaban J connectivity index is 1.60. The van der Waals surface area contributed by atoms with Gasteiger partial charge in [0.25, 0.3) is 5.91 Å². The smallest absolute Gasteiger partial charge is 0.262 e. The fourth-order valence-corrected chi connectivity index (χ4v) is 2.68. The molecule has 2 aromatic carbocycles. The van der Waals surface area contributed by atoms with E-state index in [2.05, 4.69) is 10.6 Å². The number of carbonyl (C=O) groups is 2. The maximum absolute atomic E-state index is 12.3. The Labute approximate surface area is 152 Å². The van der Waals surface area contributed by atoms with Crippen LogP contribution in [0.1, 0.15) is 25.8 Å². The number of benzene rings is 2. The van der Waals surface area contributed by atoms with Crippen LogP contribution in [0.15, 0.2) is 42.5 Å². The molecular formula is C20H22N2O4. The van der Waals surface area contributed by atoms with Crippen molar-refractivity contribution in [2.24, 2.45) is 0 Å². The molecule has 0 saturated heterocycles. The second-order valence-corrected chi connectivity index (χ2v) is 6.38. The lowest BCUT2D eigenvalue weighted by Gasteiger charge is -2.18. The van der Waals surface area contributed by atoms with Crippen molar-refractivity contribution in [3.8, 4) is 11.5 Å². The topological polar surface area (TPSA) is 76.7 Å². The molecule has 2 N–H and O–H groups in total. The van der Waals surface area contributed by atoms with Crippen molar-refractivity contribution in [3.05, 3.63) is 48.0 Å².